The molecule has 7 nitrogen and oxygen atoms in total. The molecule has 0 saturated carbocycles. The maximum atomic E-state index is 14.3. The molecule has 0 bridgehead atoms. The number of amides is 2. The third kappa shape index (κ3) is 4.42. The molecule has 2 amide bonds. The Balaban J connectivity index is 1.18. The quantitative estimate of drug-likeness (QED) is 0.272. The molecule has 37 heavy (non-hydrogen) atoms. The second kappa shape index (κ2) is 9.86. The topological polar surface area (TPSA) is 82.2 Å². The Morgan fingerprint density at radius 1 is 1.00 bits per heavy atom. The number of unbranched alkanes of at least 4 members (excludes halogenated alkanes) is 1. The summed E-state index contributed by atoms with van der Waals surface area (Å²) in [6, 6.07) is 16.2. The highest BCUT2D eigenvalue weighted by molar-refractivity contribution is 6.21. The Labute approximate surface area is 214 Å². The summed E-state index contributed by atoms with van der Waals surface area (Å²) in [6.45, 7) is 1.65. The second-order valence-electron chi connectivity index (χ2n) is 9.76. The van der Waals surface area contributed by atoms with Gasteiger partial charge in [0.1, 0.15) is 11.3 Å². The first-order chi connectivity index (χ1) is 18.1. The number of aromatic amines is 1. The summed E-state index contributed by atoms with van der Waals surface area (Å²) < 4.78 is 14.3. The lowest BCUT2D eigenvalue weighted by atomic mass is 9.90. The molecule has 188 valence electrons. The van der Waals surface area contributed by atoms with Crippen molar-refractivity contribution in [3.63, 3.8) is 0 Å². The van der Waals surface area contributed by atoms with Gasteiger partial charge >= 0.3 is 0 Å². The zero-order valence-electron chi connectivity index (χ0n) is 20.5. The summed E-state index contributed by atoms with van der Waals surface area (Å²) in [7, 11) is 0. The van der Waals surface area contributed by atoms with Gasteiger partial charge in [-0.05, 0) is 74.5 Å². The van der Waals surface area contributed by atoms with E-state index in [0.29, 0.717) is 47.5 Å². The molecule has 1 unspecified atom stereocenters. The Bertz CT molecular complexity index is 1450. The first-order valence-electron chi connectivity index (χ1n) is 12.9. The number of fused-ring (bicyclic) bond motifs is 3. The lowest BCUT2D eigenvalue weighted by Gasteiger charge is -2.34. The predicted molar refractivity (Wildman–Crippen MR) is 137 cm³/mol. The number of nitrogens with one attached hydrogen (secondary N) is 1. The lowest BCUT2D eigenvalue weighted by molar-refractivity contribution is 0.0648. The predicted octanol–water partition coefficient (Wildman–Crippen LogP) is 5.05. The van der Waals surface area contributed by atoms with Crippen molar-refractivity contribution < 1.29 is 14.0 Å². The minimum atomic E-state index is -0.336. The van der Waals surface area contributed by atoms with Crippen molar-refractivity contribution in [2.45, 2.75) is 44.7 Å². The van der Waals surface area contributed by atoms with Crippen molar-refractivity contribution in [1.82, 2.24) is 24.8 Å². The molecule has 6 rings (SSSR count). The number of benzene rings is 2. The Morgan fingerprint density at radius 2 is 1.81 bits per heavy atom. The number of pyridine rings is 1. The van der Waals surface area contributed by atoms with Crippen LogP contribution < -0.4 is 0 Å². The van der Waals surface area contributed by atoms with Crippen molar-refractivity contribution in [2.24, 2.45) is 0 Å². The highest BCUT2D eigenvalue weighted by Gasteiger charge is 2.34. The van der Waals surface area contributed by atoms with Gasteiger partial charge in [-0.25, -0.2) is 9.37 Å². The second-order valence-corrected chi connectivity index (χ2v) is 9.76. The van der Waals surface area contributed by atoms with Crippen LogP contribution in [0.1, 0.15) is 69.5 Å². The molecule has 0 fully saturated rings. The number of aromatic nitrogens is 3. The maximum absolute atomic E-state index is 14.3. The van der Waals surface area contributed by atoms with E-state index >= 15 is 0 Å². The van der Waals surface area contributed by atoms with E-state index in [1.807, 2.05) is 18.3 Å². The molecule has 2 aromatic heterocycles. The maximum Gasteiger partial charge on any atom is 0.261 e. The zero-order valence-corrected chi connectivity index (χ0v) is 20.5. The normalized spacial score (nSPS) is 17.0. The van der Waals surface area contributed by atoms with Crippen LogP contribution in [0.5, 0.6) is 0 Å². The first kappa shape index (κ1) is 23.5. The van der Waals surface area contributed by atoms with Crippen molar-refractivity contribution in [1.29, 1.82) is 0 Å². The molecule has 4 aromatic rings. The molecule has 0 radical (unpaired) electrons. The van der Waals surface area contributed by atoms with Gasteiger partial charge < -0.3 is 4.98 Å². The van der Waals surface area contributed by atoms with Crippen LogP contribution in [0, 0.1) is 5.82 Å². The van der Waals surface area contributed by atoms with Crippen molar-refractivity contribution in [3.05, 3.63) is 94.8 Å². The van der Waals surface area contributed by atoms with E-state index < -0.39 is 0 Å². The van der Waals surface area contributed by atoms with Crippen LogP contribution in [-0.4, -0.2) is 49.7 Å². The molecule has 1 aliphatic carbocycles. The van der Waals surface area contributed by atoms with Gasteiger partial charge in [0, 0.05) is 12.7 Å². The fraction of sp³-hybridized carbons (Fsp3) is 0.310. The number of carbonyl (C=O) groups excluding carboxylic acids is 2. The van der Waals surface area contributed by atoms with E-state index in [1.165, 1.54) is 16.5 Å². The minimum Gasteiger partial charge on any atom is -0.341 e. The van der Waals surface area contributed by atoms with Gasteiger partial charge in [0.25, 0.3) is 11.8 Å². The molecule has 2 aliphatic rings. The van der Waals surface area contributed by atoms with Gasteiger partial charge in [-0.1, -0.05) is 24.3 Å². The zero-order chi connectivity index (χ0) is 25.4. The smallest absolute Gasteiger partial charge is 0.261 e. The third-order valence-corrected chi connectivity index (χ3v) is 7.43. The average molecular weight is 498 g/mol. The number of aryl methyl sites for hydroxylation is 1. The minimum absolute atomic E-state index is 0.127. The van der Waals surface area contributed by atoms with Crippen LogP contribution in [-0.2, 0) is 13.0 Å². The summed E-state index contributed by atoms with van der Waals surface area (Å²) in [6.07, 6.45) is 6.40. The molecule has 1 N–H and O–H groups in total. The van der Waals surface area contributed by atoms with E-state index in [2.05, 4.69) is 20.9 Å². The molecule has 0 saturated heterocycles. The number of hydrogen-bond acceptors (Lipinski definition) is 5. The van der Waals surface area contributed by atoms with Crippen LogP contribution in [0.4, 0.5) is 4.39 Å². The van der Waals surface area contributed by atoms with Gasteiger partial charge in [0.15, 0.2) is 5.82 Å². The Hall–Kier alpha value is -3.91. The van der Waals surface area contributed by atoms with E-state index in [0.717, 1.165) is 37.9 Å². The molecule has 2 aromatic carbocycles. The van der Waals surface area contributed by atoms with Gasteiger partial charge in [-0.2, -0.15) is 0 Å². The summed E-state index contributed by atoms with van der Waals surface area (Å²) in [4.78, 5) is 41.7. The van der Waals surface area contributed by atoms with Gasteiger partial charge in [-0.15, -0.1) is 0 Å². The molecule has 1 aliphatic heterocycles. The standard InChI is InChI=1S/C29H28FN5O2/c30-22-12-6-13-23-27(22)33-25(32-23)18-34(24-14-5-8-19-9-7-15-31-26(19)24)16-3-4-17-35-28(36)20-10-1-2-11-21(20)29(35)37/h1-2,6-7,9-13,15,24H,3-5,8,14,16-18H2,(H,32,33). The molecular formula is C29H28FN5O2. The number of para-hydroxylation sites is 1. The fourth-order valence-electron chi connectivity index (χ4n) is 5.63. The number of halogens is 1. The van der Waals surface area contributed by atoms with Gasteiger partial charge in [0.2, 0.25) is 0 Å². The highest BCUT2D eigenvalue weighted by Crippen LogP contribution is 2.34. The highest BCUT2D eigenvalue weighted by atomic mass is 19.1. The first-order valence-corrected chi connectivity index (χ1v) is 12.9. The summed E-state index contributed by atoms with van der Waals surface area (Å²) in [5, 5.41) is 0. The number of rotatable bonds is 8. The third-order valence-electron chi connectivity index (χ3n) is 7.43. The number of imidazole rings is 1. The van der Waals surface area contributed by atoms with Gasteiger partial charge in [0.05, 0.1) is 34.9 Å². The molecular weight excluding hydrogens is 469 g/mol. The van der Waals surface area contributed by atoms with Crippen molar-refractivity contribution in [3.8, 4) is 0 Å². The summed E-state index contributed by atoms with van der Waals surface area (Å²) >= 11 is 0. The van der Waals surface area contributed by atoms with E-state index in [4.69, 9.17) is 4.98 Å². The van der Waals surface area contributed by atoms with Crippen LogP contribution in [0.2, 0.25) is 0 Å². The van der Waals surface area contributed by atoms with E-state index in [9.17, 15) is 14.0 Å². The average Bonchev–Trinajstić information content (AvgIpc) is 3.45. The van der Waals surface area contributed by atoms with Crippen LogP contribution >= 0.6 is 0 Å². The van der Waals surface area contributed by atoms with Crippen LogP contribution in [0.25, 0.3) is 11.0 Å². The monoisotopic (exact) mass is 497 g/mol. The number of nitrogens with zero attached hydrogens (tertiary/aromatic N) is 4. The Morgan fingerprint density at radius 3 is 2.59 bits per heavy atom. The van der Waals surface area contributed by atoms with Crippen LogP contribution in [0.3, 0.4) is 0 Å². The number of hydrogen-bond donors (Lipinski definition) is 1. The molecule has 8 heteroatoms. The molecule has 0 spiro atoms. The number of carbonyl (C=O) groups is 2. The fourth-order valence-corrected chi connectivity index (χ4v) is 5.63. The number of imide groups is 1. The summed E-state index contributed by atoms with van der Waals surface area (Å²) in [5.74, 6) is -0.0555. The SMILES string of the molecule is O=C1c2ccccc2C(=O)N1CCCCN(Cc1nc2c(F)cccc2[nH]1)C1CCCc2cccnc21. The van der Waals surface area contributed by atoms with Crippen molar-refractivity contribution >= 4 is 22.8 Å². The van der Waals surface area contributed by atoms with Crippen LogP contribution in [0.15, 0.2) is 60.8 Å². The number of H-pyrrole nitrogens is 1. The summed E-state index contributed by atoms with van der Waals surface area (Å²) in [5.41, 5.74) is 4.36. The Kier molecular flexibility index (Phi) is 6.26. The van der Waals surface area contributed by atoms with E-state index in [1.54, 1.807) is 30.3 Å². The van der Waals surface area contributed by atoms with E-state index in [-0.39, 0.29) is 23.7 Å². The molecule has 3 heterocycles. The van der Waals surface area contributed by atoms with Gasteiger partial charge in [-0.3, -0.25) is 24.4 Å². The molecule has 1 atom stereocenters. The van der Waals surface area contributed by atoms with Crippen molar-refractivity contribution in [2.75, 3.05) is 13.1 Å². The lowest BCUT2D eigenvalue weighted by Crippen LogP contribution is -2.34. The largest absolute Gasteiger partial charge is 0.341 e.